The monoisotopic (exact) mass is 446 g/mol. The normalized spacial score (nSPS) is 13.8. The number of thiophene rings is 1. The molecular weight excluding hydrogens is 420 g/mol. The van der Waals surface area contributed by atoms with Crippen LogP contribution in [0.25, 0.3) is 0 Å². The van der Waals surface area contributed by atoms with Crippen LogP contribution in [0.15, 0.2) is 29.2 Å². The highest BCUT2D eigenvalue weighted by Gasteiger charge is 2.28. The molecule has 8 heteroatoms. The van der Waals surface area contributed by atoms with Gasteiger partial charge in [-0.15, -0.1) is 23.1 Å². The highest BCUT2D eigenvalue weighted by molar-refractivity contribution is 8.00. The summed E-state index contributed by atoms with van der Waals surface area (Å²) in [7, 11) is 1.37. The molecule has 2 N–H and O–H groups in total. The molecule has 0 spiro atoms. The van der Waals surface area contributed by atoms with E-state index in [1.807, 2.05) is 31.2 Å². The van der Waals surface area contributed by atoms with Crippen molar-refractivity contribution in [1.29, 1.82) is 0 Å². The highest BCUT2D eigenvalue weighted by atomic mass is 32.2. The molecule has 1 aromatic heterocycles. The van der Waals surface area contributed by atoms with Crippen molar-refractivity contribution in [2.75, 3.05) is 17.7 Å². The Morgan fingerprint density at radius 2 is 1.97 bits per heavy atom. The number of carbonyl (C=O) groups excluding carboxylic acids is 3. The van der Waals surface area contributed by atoms with Gasteiger partial charge in [0, 0.05) is 22.4 Å². The summed E-state index contributed by atoms with van der Waals surface area (Å²) >= 11 is 2.93. The molecule has 160 valence electrons. The first-order valence-electron chi connectivity index (χ1n) is 10.0. The molecule has 3 rings (SSSR count). The van der Waals surface area contributed by atoms with Gasteiger partial charge in [0.05, 0.1) is 17.9 Å². The van der Waals surface area contributed by atoms with Crippen LogP contribution in [-0.2, 0) is 27.2 Å². The molecule has 2 amide bonds. The van der Waals surface area contributed by atoms with Crippen molar-refractivity contribution in [2.24, 2.45) is 0 Å². The molecule has 1 unspecified atom stereocenters. The van der Waals surface area contributed by atoms with Gasteiger partial charge < -0.3 is 15.4 Å². The maximum absolute atomic E-state index is 13.0. The van der Waals surface area contributed by atoms with E-state index in [9.17, 15) is 14.4 Å². The molecule has 1 aromatic carbocycles. The number of ether oxygens (including phenoxy) is 1. The summed E-state index contributed by atoms with van der Waals surface area (Å²) in [5.41, 5.74) is 2.23. The summed E-state index contributed by atoms with van der Waals surface area (Å²) in [4.78, 5) is 38.8. The van der Waals surface area contributed by atoms with Crippen LogP contribution in [0.5, 0.6) is 0 Å². The fraction of sp³-hybridized carbons (Fsp3) is 0.409. The minimum absolute atomic E-state index is 0.140. The number of rotatable bonds is 7. The van der Waals surface area contributed by atoms with Crippen LogP contribution in [-0.4, -0.2) is 30.1 Å². The summed E-state index contributed by atoms with van der Waals surface area (Å²) in [5.74, 6) is -0.677. The maximum atomic E-state index is 13.0. The summed E-state index contributed by atoms with van der Waals surface area (Å²) < 4.78 is 4.99. The van der Waals surface area contributed by atoms with Gasteiger partial charge in [-0.2, -0.15) is 0 Å². The molecule has 0 saturated heterocycles. The van der Waals surface area contributed by atoms with Crippen LogP contribution in [0, 0.1) is 0 Å². The number of carbonyl (C=O) groups is 3. The standard InChI is InChI=1S/C22H26N2O4S2/c1-4-17(29-15-9-7-8-14(12-15)23-13(2)25)20(26)24-21-19(22(27)28-3)16-10-5-6-11-18(16)30-21/h7-9,12,17H,4-6,10-11H2,1-3H3,(H,23,25)(H,24,26). The van der Waals surface area contributed by atoms with Crippen molar-refractivity contribution in [1.82, 2.24) is 0 Å². The fourth-order valence-electron chi connectivity index (χ4n) is 3.50. The van der Waals surface area contributed by atoms with Gasteiger partial charge in [-0.3, -0.25) is 9.59 Å². The molecule has 0 bridgehead atoms. The lowest BCUT2D eigenvalue weighted by Gasteiger charge is -2.15. The number of benzene rings is 1. The van der Waals surface area contributed by atoms with Gasteiger partial charge in [0.2, 0.25) is 11.8 Å². The fourth-order valence-corrected chi connectivity index (χ4v) is 5.79. The van der Waals surface area contributed by atoms with Crippen molar-refractivity contribution in [3.63, 3.8) is 0 Å². The number of aryl methyl sites for hydroxylation is 1. The Morgan fingerprint density at radius 1 is 1.20 bits per heavy atom. The zero-order chi connectivity index (χ0) is 21.7. The number of hydrogen-bond acceptors (Lipinski definition) is 6. The Labute approximate surface area is 184 Å². The Morgan fingerprint density at radius 3 is 2.67 bits per heavy atom. The van der Waals surface area contributed by atoms with Gasteiger partial charge in [-0.25, -0.2) is 4.79 Å². The van der Waals surface area contributed by atoms with Crippen LogP contribution < -0.4 is 10.6 Å². The lowest BCUT2D eigenvalue weighted by atomic mass is 9.95. The van der Waals surface area contributed by atoms with E-state index in [0.717, 1.165) is 36.1 Å². The predicted molar refractivity (Wildman–Crippen MR) is 122 cm³/mol. The molecule has 0 aliphatic heterocycles. The third kappa shape index (κ3) is 5.23. The SMILES string of the molecule is CCC(Sc1cccc(NC(C)=O)c1)C(=O)Nc1sc2c(c1C(=O)OC)CCCC2. The topological polar surface area (TPSA) is 84.5 Å². The Kier molecular flexibility index (Phi) is 7.55. The Bertz CT molecular complexity index is 955. The summed E-state index contributed by atoms with van der Waals surface area (Å²) in [5, 5.41) is 6.00. The van der Waals surface area contributed by atoms with Crippen LogP contribution in [0.4, 0.5) is 10.7 Å². The van der Waals surface area contributed by atoms with Gasteiger partial charge in [0.25, 0.3) is 0 Å². The molecule has 2 aromatic rings. The van der Waals surface area contributed by atoms with Crippen LogP contribution in [0.3, 0.4) is 0 Å². The number of nitrogens with one attached hydrogen (secondary N) is 2. The lowest BCUT2D eigenvalue weighted by molar-refractivity contribution is -0.116. The predicted octanol–water partition coefficient (Wildman–Crippen LogP) is 4.88. The first-order valence-corrected chi connectivity index (χ1v) is 11.7. The van der Waals surface area contributed by atoms with E-state index in [2.05, 4.69) is 10.6 Å². The van der Waals surface area contributed by atoms with Gasteiger partial charge in [-0.1, -0.05) is 13.0 Å². The smallest absolute Gasteiger partial charge is 0.341 e. The first kappa shape index (κ1) is 22.4. The van der Waals surface area contributed by atoms with Crippen LogP contribution >= 0.6 is 23.1 Å². The van der Waals surface area contributed by atoms with E-state index in [0.29, 0.717) is 22.7 Å². The number of thioether (sulfide) groups is 1. The molecule has 30 heavy (non-hydrogen) atoms. The average Bonchev–Trinajstić information content (AvgIpc) is 3.08. The minimum atomic E-state index is -0.395. The Hall–Kier alpha value is -2.32. The largest absolute Gasteiger partial charge is 0.465 e. The maximum Gasteiger partial charge on any atom is 0.341 e. The number of fused-ring (bicyclic) bond motifs is 1. The van der Waals surface area contributed by atoms with Gasteiger partial charge in [0.1, 0.15) is 5.00 Å². The van der Waals surface area contributed by atoms with E-state index in [1.54, 1.807) is 0 Å². The highest BCUT2D eigenvalue weighted by Crippen LogP contribution is 2.39. The first-order chi connectivity index (χ1) is 14.4. The van der Waals surface area contributed by atoms with Crippen LogP contribution in [0.2, 0.25) is 0 Å². The summed E-state index contributed by atoms with van der Waals surface area (Å²) in [6.45, 7) is 3.41. The second-order valence-corrected chi connectivity index (χ2v) is 9.50. The summed E-state index contributed by atoms with van der Waals surface area (Å²) in [6, 6.07) is 7.42. The van der Waals surface area contributed by atoms with E-state index >= 15 is 0 Å². The third-order valence-electron chi connectivity index (χ3n) is 4.89. The minimum Gasteiger partial charge on any atom is -0.465 e. The molecule has 1 atom stereocenters. The zero-order valence-corrected chi connectivity index (χ0v) is 19.0. The van der Waals surface area contributed by atoms with Crippen molar-refractivity contribution in [3.05, 3.63) is 40.3 Å². The van der Waals surface area contributed by atoms with E-state index in [1.165, 1.54) is 42.0 Å². The van der Waals surface area contributed by atoms with Crippen molar-refractivity contribution >= 4 is 51.6 Å². The number of anilines is 2. The second kappa shape index (κ2) is 10.1. The zero-order valence-electron chi connectivity index (χ0n) is 17.4. The Balaban J connectivity index is 1.78. The van der Waals surface area contributed by atoms with Gasteiger partial charge in [-0.05, 0) is 55.9 Å². The molecule has 6 nitrogen and oxygen atoms in total. The lowest BCUT2D eigenvalue weighted by Crippen LogP contribution is -2.25. The molecule has 1 aliphatic rings. The molecule has 0 fully saturated rings. The number of methoxy groups -OCH3 is 1. The van der Waals surface area contributed by atoms with E-state index in [-0.39, 0.29) is 17.1 Å². The molecule has 1 heterocycles. The molecule has 0 saturated carbocycles. The summed E-state index contributed by atoms with van der Waals surface area (Å²) in [6.07, 6.45) is 4.54. The molecular formula is C22H26N2O4S2. The van der Waals surface area contributed by atoms with Gasteiger partial charge >= 0.3 is 5.97 Å². The third-order valence-corrected chi connectivity index (χ3v) is 7.46. The van der Waals surface area contributed by atoms with E-state index in [4.69, 9.17) is 4.74 Å². The number of amides is 2. The molecule has 1 aliphatic carbocycles. The quantitative estimate of drug-likeness (QED) is 0.468. The van der Waals surface area contributed by atoms with Crippen molar-refractivity contribution < 1.29 is 19.1 Å². The average molecular weight is 447 g/mol. The van der Waals surface area contributed by atoms with Crippen molar-refractivity contribution in [2.45, 2.75) is 56.1 Å². The van der Waals surface area contributed by atoms with Crippen LogP contribution in [0.1, 0.15) is 53.9 Å². The van der Waals surface area contributed by atoms with E-state index < -0.39 is 5.97 Å². The number of hydrogen-bond donors (Lipinski definition) is 2. The molecule has 0 radical (unpaired) electrons. The van der Waals surface area contributed by atoms with Crippen molar-refractivity contribution in [3.8, 4) is 0 Å². The second-order valence-electron chi connectivity index (χ2n) is 7.12. The van der Waals surface area contributed by atoms with Gasteiger partial charge in [0.15, 0.2) is 0 Å². The number of esters is 1.